The lowest BCUT2D eigenvalue weighted by atomic mass is 9.84. The lowest BCUT2D eigenvalue weighted by Gasteiger charge is -2.38. The highest BCUT2D eigenvalue weighted by Gasteiger charge is 2.33. The standard InChI is InChI=1S/C31H46N4O2/c1-32-23-29(22-26-10-5-3-6-11-26)35(31(36)33-27-12-7-4-8-13-27)24-28-14-9-20-34(28)21-19-25-15-17-30(37-2)18-16-25/h4,7-8,12-13,15-18,26,28-29,32H,3,5-6,9-11,14,19-24H2,1-2H3,(H,33,36)/t28-,29+/m0/s1. The molecule has 2 aliphatic rings. The van der Waals surface area contributed by atoms with Crippen molar-refractivity contribution in [1.29, 1.82) is 0 Å². The molecular weight excluding hydrogens is 460 g/mol. The molecule has 4 rings (SSSR count). The van der Waals surface area contributed by atoms with Crippen LogP contribution in [0.15, 0.2) is 54.6 Å². The SMILES string of the molecule is CNC[C@@H](CC1CCCCC1)N(C[C@@H]1CCCN1CCc1ccc(OC)cc1)C(=O)Nc1ccccc1. The van der Waals surface area contributed by atoms with Gasteiger partial charge in [-0.05, 0) is 75.0 Å². The van der Waals surface area contributed by atoms with Crippen LogP contribution in [-0.4, -0.2) is 68.3 Å². The van der Waals surface area contributed by atoms with Gasteiger partial charge in [-0.25, -0.2) is 4.79 Å². The van der Waals surface area contributed by atoms with Gasteiger partial charge in [-0.1, -0.05) is 62.4 Å². The molecule has 2 aromatic rings. The Morgan fingerprint density at radius 2 is 1.78 bits per heavy atom. The second-order valence-corrected chi connectivity index (χ2v) is 10.8. The quantitative estimate of drug-likeness (QED) is 0.382. The molecule has 1 aliphatic heterocycles. The van der Waals surface area contributed by atoms with E-state index in [0.717, 1.165) is 56.9 Å². The number of likely N-dealkylation sites (N-methyl/N-ethyl adjacent to an activating group) is 1. The predicted octanol–water partition coefficient (Wildman–Crippen LogP) is 5.79. The summed E-state index contributed by atoms with van der Waals surface area (Å²) >= 11 is 0. The zero-order chi connectivity index (χ0) is 25.9. The van der Waals surface area contributed by atoms with Gasteiger partial charge in [0.15, 0.2) is 0 Å². The minimum atomic E-state index is 0.0317. The van der Waals surface area contributed by atoms with Gasteiger partial charge in [0.1, 0.15) is 5.75 Å². The van der Waals surface area contributed by atoms with E-state index >= 15 is 0 Å². The smallest absolute Gasteiger partial charge is 0.322 e. The highest BCUT2D eigenvalue weighted by molar-refractivity contribution is 5.89. The average molecular weight is 507 g/mol. The predicted molar refractivity (Wildman–Crippen MR) is 152 cm³/mol. The third-order valence-electron chi connectivity index (χ3n) is 8.25. The molecule has 0 unspecified atom stereocenters. The number of nitrogens with zero attached hydrogens (tertiary/aromatic N) is 2. The lowest BCUT2D eigenvalue weighted by Crippen LogP contribution is -2.53. The van der Waals surface area contributed by atoms with Crippen LogP contribution in [-0.2, 0) is 6.42 Å². The highest BCUT2D eigenvalue weighted by Crippen LogP contribution is 2.30. The number of carbonyl (C=O) groups is 1. The summed E-state index contributed by atoms with van der Waals surface area (Å²) in [5.41, 5.74) is 2.19. The van der Waals surface area contributed by atoms with Crippen molar-refractivity contribution < 1.29 is 9.53 Å². The normalized spacial score (nSPS) is 19.5. The summed E-state index contributed by atoms with van der Waals surface area (Å²) in [6.45, 7) is 3.73. The van der Waals surface area contributed by atoms with Crippen LogP contribution < -0.4 is 15.4 Å². The number of para-hydroxylation sites is 1. The molecule has 2 atom stereocenters. The van der Waals surface area contributed by atoms with E-state index in [1.165, 1.54) is 44.1 Å². The van der Waals surface area contributed by atoms with Crippen molar-refractivity contribution in [3.8, 4) is 5.75 Å². The summed E-state index contributed by atoms with van der Waals surface area (Å²) in [7, 11) is 3.72. The molecule has 2 aromatic carbocycles. The molecule has 202 valence electrons. The summed E-state index contributed by atoms with van der Waals surface area (Å²) in [5.74, 6) is 1.62. The second-order valence-electron chi connectivity index (χ2n) is 10.8. The van der Waals surface area contributed by atoms with E-state index in [9.17, 15) is 4.79 Å². The molecule has 2 fully saturated rings. The van der Waals surface area contributed by atoms with Crippen LogP contribution in [0.5, 0.6) is 5.75 Å². The van der Waals surface area contributed by atoms with E-state index in [1.807, 2.05) is 49.5 Å². The Labute approximate surface area is 223 Å². The number of hydrogen-bond acceptors (Lipinski definition) is 4. The Balaban J connectivity index is 1.45. The van der Waals surface area contributed by atoms with E-state index in [-0.39, 0.29) is 12.1 Å². The molecule has 1 aliphatic carbocycles. The first-order valence-corrected chi connectivity index (χ1v) is 14.3. The topological polar surface area (TPSA) is 56.8 Å². The first-order chi connectivity index (χ1) is 18.2. The van der Waals surface area contributed by atoms with Crippen LogP contribution in [0.1, 0.15) is 56.9 Å². The van der Waals surface area contributed by atoms with E-state index in [2.05, 4.69) is 32.6 Å². The molecule has 1 heterocycles. The monoisotopic (exact) mass is 506 g/mol. The van der Waals surface area contributed by atoms with Crippen LogP contribution >= 0.6 is 0 Å². The third-order valence-corrected chi connectivity index (χ3v) is 8.25. The summed E-state index contributed by atoms with van der Waals surface area (Å²) in [6.07, 6.45) is 11.0. The van der Waals surface area contributed by atoms with E-state index in [0.29, 0.717) is 12.0 Å². The largest absolute Gasteiger partial charge is 0.497 e. The van der Waals surface area contributed by atoms with Crippen LogP contribution in [0.25, 0.3) is 0 Å². The minimum Gasteiger partial charge on any atom is -0.497 e. The summed E-state index contributed by atoms with van der Waals surface area (Å²) in [6, 6.07) is 18.9. The van der Waals surface area contributed by atoms with Crippen LogP contribution in [0.3, 0.4) is 0 Å². The molecule has 0 spiro atoms. The maximum atomic E-state index is 13.8. The molecule has 2 amide bonds. The molecule has 1 saturated heterocycles. The number of rotatable bonds is 12. The molecule has 0 aromatic heterocycles. The van der Waals surface area contributed by atoms with Crippen LogP contribution in [0, 0.1) is 5.92 Å². The van der Waals surface area contributed by atoms with Crippen LogP contribution in [0.4, 0.5) is 10.5 Å². The number of anilines is 1. The molecule has 0 bridgehead atoms. The van der Waals surface area contributed by atoms with E-state index < -0.39 is 0 Å². The molecule has 6 heteroatoms. The number of methoxy groups -OCH3 is 1. The van der Waals surface area contributed by atoms with E-state index in [1.54, 1.807) is 7.11 Å². The van der Waals surface area contributed by atoms with Gasteiger partial charge >= 0.3 is 6.03 Å². The fraction of sp³-hybridized carbons (Fsp3) is 0.581. The molecule has 1 saturated carbocycles. The number of ether oxygens (including phenoxy) is 1. The Bertz CT molecular complexity index is 930. The Morgan fingerprint density at radius 1 is 1.03 bits per heavy atom. The number of carbonyl (C=O) groups excluding carboxylic acids is 1. The summed E-state index contributed by atoms with van der Waals surface area (Å²) in [4.78, 5) is 18.5. The van der Waals surface area contributed by atoms with Gasteiger partial charge in [0, 0.05) is 37.4 Å². The zero-order valence-corrected chi connectivity index (χ0v) is 22.8. The first kappa shape index (κ1) is 27.5. The zero-order valence-electron chi connectivity index (χ0n) is 22.8. The summed E-state index contributed by atoms with van der Waals surface area (Å²) < 4.78 is 5.31. The minimum absolute atomic E-state index is 0.0317. The molecular formula is C31H46N4O2. The maximum absolute atomic E-state index is 13.8. The Kier molecular flexibility index (Phi) is 10.7. The lowest BCUT2D eigenvalue weighted by molar-refractivity contribution is 0.133. The number of amides is 2. The van der Waals surface area contributed by atoms with Crippen molar-refractivity contribution in [3.05, 3.63) is 60.2 Å². The Morgan fingerprint density at radius 3 is 2.49 bits per heavy atom. The number of nitrogens with one attached hydrogen (secondary N) is 2. The number of likely N-dealkylation sites (tertiary alicyclic amines) is 1. The fourth-order valence-corrected chi connectivity index (χ4v) is 6.17. The van der Waals surface area contributed by atoms with Crippen LogP contribution in [0.2, 0.25) is 0 Å². The van der Waals surface area contributed by atoms with Crippen molar-refractivity contribution in [2.24, 2.45) is 5.92 Å². The van der Waals surface area contributed by atoms with E-state index in [4.69, 9.17) is 4.74 Å². The molecule has 37 heavy (non-hydrogen) atoms. The number of benzene rings is 2. The number of hydrogen-bond donors (Lipinski definition) is 2. The second kappa shape index (κ2) is 14.4. The molecule has 2 N–H and O–H groups in total. The van der Waals surface area contributed by atoms with Gasteiger partial charge in [-0.2, -0.15) is 0 Å². The Hall–Kier alpha value is -2.57. The maximum Gasteiger partial charge on any atom is 0.322 e. The average Bonchev–Trinajstić information content (AvgIpc) is 3.38. The van der Waals surface area contributed by atoms with Crippen molar-refractivity contribution in [2.45, 2.75) is 69.9 Å². The van der Waals surface area contributed by atoms with Gasteiger partial charge < -0.3 is 20.3 Å². The van der Waals surface area contributed by atoms with Gasteiger partial charge in [-0.15, -0.1) is 0 Å². The molecule has 6 nitrogen and oxygen atoms in total. The van der Waals surface area contributed by atoms with Crippen molar-refractivity contribution in [1.82, 2.24) is 15.1 Å². The fourth-order valence-electron chi connectivity index (χ4n) is 6.17. The van der Waals surface area contributed by atoms with Gasteiger partial charge in [0.2, 0.25) is 0 Å². The first-order valence-electron chi connectivity index (χ1n) is 14.3. The van der Waals surface area contributed by atoms with Gasteiger partial charge in [0.05, 0.1) is 7.11 Å². The van der Waals surface area contributed by atoms with Crippen molar-refractivity contribution in [2.75, 3.05) is 45.7 Å². The van der Waals surface area contributed by atoms with Gasteiger partial charge in [-0.3, -0.25) is 4.90 Å². The molecule has 0 radical (unpaired) electrons. The van der Waals surface area contributed by atoms with Crippen molar-refractivity contribution >= 4 is 11.7 Å². The third kappa shape index (κ3) is 8.21. The van der Waals surface area contributed by atoms with Crippen molar-refractivity contribution in [3.63, 3.8) is 0 Å². The summed E-state index contributed by atoms with van der Waals surface area (Å²) in [5, 5.41) is 6.61. The number of urea groups is 1. The van der Waals surface area contributed by atoms with Gasteiger partial charge in [0.25, 0.3) is 0 Å². The highest BCUT2D eigenvalue weighted by atomic mass is 16.5.